The van der Waals surface area contributed by atoms with Gasteiger partial charge in [-0.1, -0.05) is 0 Å². The molecule has 7 heteroatoms. The van der Waals surface area contributed by atoms with Gasteiger partial charge in [0, 0.05) is 37.7 Å². The van der Waals surface area contributed by atoms with Gasteiger partial charge >= 0.3 is 0 Å². The van der Waals surface area contributed by atoms with Crippen LogP contribution in [0.1, 0.15) is 12.8 Å². The largest absolute Gasteiger partial charge is 0.384 e. The minimum Gasteiger partial charge on any atom is -0.384 e. The molecule has 4 heterocycles. The third kappa shape index (κ3) is 3.00. The summed E-state index contributed by atoms with van der Waals surface area (Å²) in [6.07, 6.45) is 7.77. The van der Waals surface area contributed by atoms with Crippen molar-refractivity contribution in [2.24, 2.45) is 5.92 Å². The van der Waals surface area contributed by atoms with Crippen molar-refractivity contribution in [2.45, 2.75) is 18.9 Å². The van der Waals surface area contributed by atoms with Crippen LogP contribution in [0.2, 0.25) is 0 Å². The third-order valence-corrected chi connectivity index (χ3v) is 5.12. The number of aromatic nitrogens is 5. The van der Waals surface area contributed by atoms with Gasteiger partial charge in [-0.05, 0) is 49.1 Å². The summed E-state index contributed by atoms with van der Waals surface area (Å²) in [4.78, 5) is 13.6. The number of hydrogen-bond donors (Lipinski definition) is 1. The highest BCUT2D eigenvalue weighted by Gasteiger charge is 2.29. The van der Waals surface area contributed by atoms with Gasteiger partial charge in [0.2, 0.25) is 5.95 Å². The van der Waals surface area contributed by atoms with Crippen molar-refractivity contribution in [2.75, 3.05) is 19.0 Å². The SMILES string of the molecule is COCC1CC(Nc2ncc3c(-c4ccc5ncccc5n4)ccn3n2)C1. The molecule has 0 amide bonds. The third-order valence-electron chi connectivity index (χ3n) is 5.12. The summed E-state index contributed by atoms with van der Waals surface area (Å²) in [7, 11) is 1.75. The van der Waals surface area contributed by atoms with Crippen LogP contribution in [0.3, 0.4) is 0 Å². The highest BCUT2D eigenvalue weighted by molar-refractivity contribution is 5.83. The maximum absolute atomic E-state index is 5.20. The van der Waals surface area contributed by atoms with Gasteiger partial charge in [-0.2, -0.15) is 0 Å². The molecule has 0 spiro atoms. The molecule has 0 unspecified atom stereocenters. The van der Waals surface area contributed by atoms with E-state index in [1.54, 1.807) is 13.3 Å². The summed E-state index contributed by atoms with van der Waals surface area (Å²) in [5.41, 5.74) is 4.60. The van der Waals surface area contributed by atoms with Gasteiger partial charge in [0.15, 0.2) is 0 Å². The number of pyridine rings is 2. The molecule has 1 aliphatic carbocycles. The molecule has 4 aromatic heterocycles. The van der Waals surface area contributed by atoms with E-state index in [1.807, 2.05) is 47.2 Å². The zero-order valence-corrected chi connectivity index (χ0v) is 15.0. The summed E-state index contributed by atoms with van der Waals surface area (Å²) in [6.45, 7) is 0.827. The smallest absolute Gasteiger partial charge is 0.241 e. The van der Waals surface area contributed by atoms with Gasteiger partial charge in [-0.3, -0.25) is 4.98 Å². The summed E-state index contributed by atoms with van der Waals surface area (Å²) in [5, 5.41) is 8.01. The van der Waals surface area contributed by atoms with E-state index in [0.29, 0.717) is 17.9 Å². The molecule has 0 atom stereocenters. The van der Waals surface area contributed by atoms with Crippen molar-refractivity contribution in [3.8, 4) is 11.3 Å². The normalized spacial score (nSPS) is 19.3. The van der Waals surface area contributed by atoms with E-state index in [2.05, 4.69) is 20.4 Å². The summed E-state index contributed by atoms with van der Waals surface area (Å²) in [6, 6.07) is 10.3. The second-order valence-electron chi connectivity index (χ2n) is 7.01. The number of rotatable bonds is 5. The Labute approximate surface area is 156 Å². The lowest BCUT2D eigenvalue weighted by Crippen LogP contribution is -2.38. The zero-order valence-electron chi connectivity index (χ0n) is 15.0. The molecular weight excluding hydrogens is 340 g/mol. The number of hydrogen-bond acceptors (Lipinski definition) is 6. The average Bonchev–Trinajstić information content (AvgIpc) is 3.09. The molecule has 5 rings (SSSR count). The summed E-state index contributed by atoms with van der Waals surface area (Å²) >= 11 is 0. The number of fused-ring (bicyclic) bond motifs is 2. The van der Waals surface area contributed by atoms with Crippen LogP contribution in [0.25, 0.3) is 27.8 Å². The fourth-order valence-corrected chi connectivity index (χ4v) is 3.70. The first-order chi connectivity index (χ1) is 13.3. The standard InChI is InChI=1S/C20H20N6O/c1-27-12-13-9-14(10-13)23-20-22-11-19-15(6-8-26(19)25-20)16-4-5-17-18(24-16)3-2-7-21-17/h2-8,11,13-14H,9-10,12H2,1H3,(H,23,25). The molecule has 7 nitrogen and oxygen atoms in total. The van der Waals surface area contributed by atoms with Gasteiger partial charge in [0.1, 0.15) is 0 Å². The van der Waals surface area contributed by atoms with Crippen molar-refractivity contribution < 1.29 is 4.74 Å². The number of ether oxygens (including phenoxy) is 1. The Morgan fingerprint density at radius 3 is 2.96 bits per heavy atom. The lowest BCUT2D eigenvalue weighted by Gasteiger charge is -2.35. The fourth-order valence-electron chi connectivity index (χ4n) is 3.70. The second-order valence-corrected chi connectivity index (χ2v) is 7.01. The van der Waals surface area contributed by atoms with Crippen molar-refractivity contribution in [1.29, 1.82) is 0 Å². The first-order valence-corrected chi connectivity index (χ1v) is 9.12. The Balaban J connectivity index is 1.40. The second kappa shape index (κ2) is 6.59. The maximum Gasteiger partial charge on any atom is 0.241 e. The molecule has 0 aromatic carbocycles. The van der Waals surface area contributed by atoms with Crippen LogP contribution in [0.4, 0.5) is 5.95 Å². The minimum atomic E-state index is 0.423. The Morgan fingerprint density at radius 1 is 1.15 bits per heavy atom. The van der Waals surface area contributed by atoms with Crippen molar-refractivity contribution in [3.05, 3.63) is 48.9 Å². The van der Waals surface area contributed by atoms with E-state index < -0.39 is 0 Å². The van der Waals surface area contributed by atoms with Gasteiger partial charge < -0.3 is 10.1 Å². The van der Waals surface area contributed by atoms with E-state index in [4.69, 9.17) is 9.72 Å². The van der Waals surface area contributed by atoms with Crippen LogP contribution in [-0.2, 0) is 4.74 Å². The van der Waals surface area contributed by atoms with Crippen LogP contribution in [0.5, 0.6) is 0 Å². The molecular formula is C20H20N6O. The number of anilines is 1. The minimum absolute atomic E-state index is 0.423. The van der Waals surface area contributed by atoms with Gasteiger partial charge in [-0.25, -0.2) is 14.5 Å². The van der Waals surface area contributed by atoms with Crippen LogP contribution < -0.4 is 5.32 Å². The van der Waals surface area contributed by atoms with Crippen LogP contribution in [-0.4, -0.2) is 44.3 Å². The molecule has 0 saturated heterocycles. The lowest BCUT2D eigenvalue weighted by molar-refractivity contribution is 0.104. The van der Waals surface area contributed by atoms with Crippen molar-refractivity contribution in [1.82, 2.24) is 24.6 Å². The lowest BCUT2D eigenvalue weighted by atomic mass is 9.81. The Hall–Kier alpha value is -3.06. The molecule has 1 N–H and O–H groups in total. The van der Waals surface area contributed by atoms with Gasteiger partial charge in [0.05, 0.1) is 28.4 Å². The molecule has 1 saturated carbocycles. The van der Waals surface area contributed by atoms with Crippen molar-refractivity contribution in [3.63, 3.8) is 0 Å². The molecule has 0 aliphatic heterocycles. The van der Waals surface area contributed by atoms with Gasteiger partial charge in [-0.15, -0.1) is 5.10 Å². The first-order valence-electron chi connectivity index (χ1n) is 9.12. The van der Waals surface area contributed by atoms with Crippen LogP contribution >= 0.6 is 0 Å². The van der Waals surface area contributed by atoms with Crippen LogP contribution in [0, 0.1) is 5.92 Å². The fraction of sp³-hybridized carbons (Fsp3) is 0.300. The Kier molecular flexibility index (Phi) is 3.94. The predicted octanol–water partition coefficient (Wildman–Crippen LogP) is 3.18. The van der Waals surface area contributed by atoms with Crippen LogP contribution in [0.15, 0.2) is 48.9 Å². The molecule has 4 aromatic rings. The number of nitrogens with one attached hydrogen (secondary N) is 1. The molecule has 136 valence electrons. The zero-order chi connectivity index (χ0) is 18.2. The molecule has 27 heavy (non-hydrogen) atoms. The predicted molar refractivity (Wildman–Crippen MR) is 104 cm³/mol. The van der Waals surface area contributed by atoms with E-state index in [-0.39, 0.29) is 0 Å². The molecule has 0 radical (unpaired) electrons. The highest BCUT2D eigenvalue weighted by Crippen LogP contribution is 2.30. The number of nitrogens with zero attached hydrogens (tertiary/aromatic N) is 5. The molecule has 1 fully saturated rings. The quantitative estimate of drug-likeness (QED) is 0.589. The van der Waals surface area contributed by atoms with E-state index in [0.717, 1.165) is 47.3 Å². The summed E-state index contributed by atoms with van der Waals surface area (Å²) in [5.74, 6) is 1.30. The maximum atomic E-state index is 5.20. The van der Waals surface area contributed by atoms with E-state index in [1.165, 1.54) is 0 Å². The Morgan fingerprint density at radius 2 is 2.07 bits per heavy atom. The highest BCUT2D eigenvalue weighted by atomic mass is 16.5. The van der Waals surface area contributed by atoms with E-state index in [9.17, 15) is 0 Å². The molecule has 0 bridgehead atoms. The Bertz CT molecular complexity index is 1100. The monoisotopic (exact) mass is 360 g/mol. The first kappa shape index (κ1) is 16.1. The number of methoxy groups -OCH3 is 1. The summed E-state index contributed by atoms with van der Waals surface area (Å²) < 4.78 is 7.05. The van der Waals surface area contributed by atoms with Crippen molar-refractivity contribution >= 4 is 22.5 Å². The average molecular weight is 360 g/mol. The topological polar surface area (TPSA) is 77.2 Å². The van der Waals surface area contributed by atoms with E-state index >= 15 is 0 Å². The molecule has 1 aliphatic rings. The van der Waals surface area contributed by atoms with Gasteiger partial charge in [0.25, 0.3) is 0 Å².